The van der Waals surface area contributed by atoms with E-state index in [1.54, 1.807) is 0 Å². The van der Waals surface area contributed by atoms with Gasteiger partial charge in [-0.05, 0) is 37.5 Å². The summed E-state index contributed by atoms with van der Waals surface area (Å²) in [5.74, 6) is 0.300. The number of hydrogen-bond acceptors (Lipinski definition) is 5. The summed E-state index contributed by atoms with van der Waals surface area (Å²) in [7, 11) is 0. The van der Waals surface area contributed by atoms with Crippen molar-refractivity contribution in [1.82, 2.24) is 15.1 Å². The number of hydrogen-bond donors (Lipinski definition) is 2. The monoisotopic (exact) mass is 380 g/mol. The van der Waals surface area contributed by atoms with Gasteiger partial charge in [0, 0.05) is 31.6 Å². The van der Waals surface area contributed by atoms with Crippen molar-refractivity contribution in [2.45, 2.75) is 70.3 Å². The first kappa shape index (κ1) is 20.5. The number of aliphatic hydroxyl groups is 1. The van der Waals surface area contributed by atoms with Gasteiger partial charge in [0.15, 0.2) is 0 Å². The fourth-order valence-electron chi connectivity index (χ4n) is 5.08. The van der Waals surface area contributed by atoms with E-state index in [2.05, 4.69) is 31.0 Å². The standard InChI is InChI=1S/C20H33FN4O2/c1-19(2)14(11-24-7-5-17(26)13-24)4-6-20(19,3)23-10-18(27)25-12-15(21)8-16(25)9-22/h14-17,23,26H,4-8,10-13H2,1-3H3/t14-,15+,16+,17-,20-/m1/s1. The summed E-state index contributed by atoms with van der Waals surface area (Å²) in [4.78, 5) is 16.3. The van der Waals surface area contributed by atoms with Crippen LogP contribution < -0.4 is 5.32 Å². The predicted molar refractivity (Wildman–Crippen MR) is 101 cm³/mol. The molecule has 1 aliphatic carbocycles. The molecule has 0 spiro atoms. The summed E-state index contributed by atoms with van der Waals surface area (Å²) in [5.41, 5.74) is -0.203. The van der Waals surface area contributed by atoms with Crippen molar-refractivity contribution in [1.29, 1.82) is 5.26 Å². The van der Waals surface area contributed by atoms with Crippen molar-refractivity contribution in [2.75, 3.05) is 32.7 Å². The predicted octanol–water partition coefficient (Wildman–Crippen LogP) is 1.30. The molecule has 27 heavy (non-hydrogen) atoms. The number of carbonyl (C=O) groups is 1. The Labute approximate surface area is 161 Å². The molecule has 1 amide bonds. The molecule has 6 nitrogen and oxygen atoms in total. The van der Waals surface area contributed by atoms with Gasteiger partial charge >= 0.3 is 0 Å². The van der Waals surface area contributed by atoms with Crippen LogP contribution in [0.5, 0.6) is 0 Å². The molecule has 2 aliphatic heterocycles. The van der Waals surface area contributed by atoms with Crippen molar-refractivity contribution >= 4 is 5.91 Å². The normalized spacial score (nSPS) is 39.0. The summed E-state index contributed by atoms with van der Waals surface area (Å²) in [6.45, 7) is 9.51. The first-order chi connectivity index (χ1) is 12.7. The Morgan fingerprint density at radius 1 is 1.33 bits per heavy atom. The molecule has 7 heteroatoms. The highest BCUT2D eigenvalue weighted by Gasteiger charge is 2.52. The number of carbonyl (C=O) groups excluding carboxylic acids is 1. The lowest BCUT2D eigenvalue weighted by Gasteiger charge is -2.43. The maximum Gasteiger partial charge on any atom is 0.237 e. The zero-order valence-corrected chi connectivity index (χ0v) is 16.7. The molecule has 152 valence electrons. The van der Waals surface area contributed by atoms with Gasteiger partial charge in [0.25, 0.3) is 0 Å². The number of alkyl halides is 1. The zero-order chi connectivity index (χ0) is 19.8. The molecule has 3 aliphatic rings. The van der Waals surface area contributed by atoms with Gasteiger partial charge in [-0.1, -0.05) is 13.8 Å². The van der Waals surface area contributed by atoms with Gasteiger partial charge in [-0.15, -0.1) is 0 Å². The minimum absolute atomic E-state index is 0.0108. The van der Waals surface area contributed by atoms with Crippen LogP contribution in [0, 0.1) is 22.7 Å². The van der Waals surface area contributed by atoms with Gasteiger partial charge in [0.2, 0.25) is 5.91 Å². The van der Waals surface area contributed by atoms with Gasteiger partial charge < -0.3 is 20.2 Å². The lowest BCUT2D eigenvalue weighted by atomic mass is 9.71. The molecule has 2 N–H and O–H groups in total. The third-order valence-corrected chi connectivity index (χ3v) is 7.51. The maximum absolute atomic E-state index is 13.6. The van der Waals surface area contributed by atoms with Crippen molar-refractivity contribution in [3.8, 4) is 6.07 Å². The average molecular weight is 381 g/mol. The van der Waals surface area contributed by atoms with Gasteiger partial charge in [-0.2, -0.15) is 5.26 Å². The number of nitrogens with zero attached hydrogens (tertiary/aromatic N) is 3. The number of halogens is 1. The van der Waals surface area contributed by atoms with Crippen molar-refractivity contribution in [2.24, 2.45) is 11.3 Å². The first-order valence-corrected chi connectivity index (χ1v) is 10.1. The molecule has 3 fully saturated rings. The molecule has 0 radical (unpaired) electrons. The van der Waals surface area contributed by atoms with Crippen LogP contribution in [0.25, 0.3) is 0 Å². The quantitative estimate of drug-likeness (QED) is 0.752. The third-order valence-electron chi connectivity index (χ3n) is 7.51. The van der Waals surface area contributed by atoms with Crippen molar-refractivity contribution in [3.05, 3.63) is 0 Å². The summed E-state index contributed by atoms with van der Waals surface area (Å²) in [5, 5.41) is 22.4. The summed E-state index contributed by atoms with van der Waals surface area (Å²) < 4.78 is 13.6. The van der Waals surface area contributed by atoms with Gasteiger partial charge in [0.1, 0.15) is 12.2 Å². The highest BCUT2D eigenvalue weighted by molar-refractivity contribution is 5.79. The molecule has 1 saturated carbocycles. The van der Waals surface area contributed by atoms with Gasteiger partial charge in [0.05, 0.1) is 25.3 Å². The SMILES string of the molecule is CC1(C)[C@@H](CN2CC[C@@H](O)C2)CC[C@@]1(C)NCC(=O)N1C[C@@H](F)C[C@H]1C#N. The minimum Gasteiger partial charge on any atom is -0.392 e. The Kier molecular flexibility index (Phi) is 5.81. The second kappa shape index (κ2) is 7.65. The van der Waals surface area contributed by atoms with Crippen molar-refractivity contribution < 1.29 is 14.3 Å². The minimum atomic E-state index is -1.10. The highest BCUT2D eigenvalue weighted by atomic mass is 19.1. The van der Waals surface area contributed by atoms with E-state index in [1.165, 1.54) is 4.90 Å². The van der Waals surface area contributed by atoms with Gasteiger partial charge in [-0.25, -0.2) is 4.39 Å². The van der Waals surface area contributed by atoms with E-state index in [-0.39, 0.29) is 42.5 Å². The van der Waals surface area contributed by atoms with E-state index >= 15 is 0 Å². The fourth-order valence-corrected chi connectivity index (χ4v) is 5.08. The molecule has 3 rings (SSSR count). The molecule has 2 saturated heterocycles. The molecule has 0 aromatic carbocycles. The lowest BCUT2D eigenvalue weighted by molar-refractivity contribution is -0.131. The van der Waals surface area contributed by atoms with Gasteiger partial charge in [-0.3, -0.25) is 4.79 Å². The van der Waals surface area contributed by atoms with Crippen molar-refractivity contribution in [3.63, 3.8) is 0 Å². The Hall–Kier alpha value is -1.23. The van der Waals surface area contributed by atoms with Crippen LogP contribution in [0.4, 0.5) is 4.39 Å². The van der Waals surface area contributed by atoms with Crippen LogP contribution in [0.1, 0.15) is 46.5 Å². The molecule has 5 atom stereocenters. The second-order valence-corrected chi connectivity index (χ2v) is 9.37. The molecule has 0 aromatic rings. The number of likely N-dealkylation sites (tertiary alicyclic amines) is 2. The molecule has 0 bridgehead atoms. The zero-order valence-electron chi connectivity index (χ0n) is 16.7. The van der Waals surface area contributed by atoms with E-state index in [9.17, 15) is 14.3 Å². The average Bonchev–Trinajstić information content (AvgIpc) is 3.26. The Morgan fingerprint density at radius 2 is 2.07 bits per heavy atom. The lowest BCUT2D eigenvalue weighted by Crippen LogP contribution is -2.56. The molecular weight excluding hydrogens is 347 g/mol. The summed E-state index contributed by atoms with van der Waals surface area (Å²) >= 11 is 0. The summed E-state index contributed by atoms with van der Waals surface area (Å²) in [6, 6.07) is 1.40. The summed E-state index contributed by atoms with van der Waals surface area (Å²) in [6.07, 6.45) is 1.72. The van der Waals surface area contributed by atoms with E-state index in [4.69, 9.17) is 5.26 Å². The maximum atomic E-state index is 13.6. The Bertz CT molecular complexity index is 607. The third kappa shape index (κ3) is 3.98. The molecule has 2 heterocycles. The number of nitriles is 1. The topological polar surface area (TPSA) is 79.6 Å². The Morgan fingerprint density at radius 3 is 2.70 bits per heavy atom. The van der Waals surface area contributed by atoms with E-state index < -0.39 is 12.2 Å². The number of aliphatic hydroxyl groups excluding tert-OH is 1. The van der Waals surface area contributed by atoms with Crippen LogP contribution in [-0.2, 0) is 4.79 Å². The number of nitrogens with one attached hydrogen (secondary N) is 1. The Balaban J connectivity index is 1.58. The fraction of sp³-hybridized carbons (Fsp3) is 0.900. The van der Waals surface area contributed by atoms with Crippen LogP contribution in [0.3, 0.4) is 0 Å². The smallest absolute Gasteiger partial charge is 0.237 e. The van der Waals surface area contributed by atoms with E-state index in [0.29, 0.717) is 5.92 Å². The van der Waals surface area contributed by atoms with Crippen LogP contribution in [0.2, 0.25) is 0 Å². The van der Waals surface area contributed by atoms with E-state index in [1.807, 2.05) is 6.07 Å². The number of rotatable bonds is 5. The second-order valence-electron chi connectivity index (χ2n) is 9.37. The molecular formula is C20H33FN4O2. The highest BCUT2D eigenvalue weighted by Crippen LogP contribution is 2.50. The number of amides is 1. The molecule has 0 unspecified atom stereocenters. The van der Waals surface area contributed by atoms with E-state index in [0.717, 1.165) is 38.9 Å². The van der Waals surface area contributed by atoms with Crippen LogP contribution in [0.15, 0.2) is 0 Å². The van der Waals surface area contributed by atoms with Crippen LogP contribution >= 0.6 is 0 Å². The number of β-amino-alcohol motifs (C(OH)–C–C–N with tert-alkyl or cyclic N) is 1. The largest absolute Gasteiger partial charge is 0.392 e. The first-order valence-electron chi connectivity index (χ1n) is 10.1. The van der Waals surface area contributed by atoms with Crippen LogP contribution in [-0.4, -0.2) is 77.4 Å². The molecule has 0 aromatic heterocycles.